The third-order valence-electron chi connectivity index (χ3n) is 4.56. The molecule has 24 heavy (non-hydrogen) atoms. The van der Waals surface area contributed by atoms with E-state index in [1.165, 1.54) is 0 Å². The first-order chi connectivity index (χ1) is 11.5. The fraction of sp³-hybridized carbons (Fsp3) is 0.500. The van der Waals surface area contributed by atoms with Crippen molar-refractivity contribution in [2.24, 2.45) is 5.41 Å². The minimum absolute atomic E-state index is 0.177. The third kappa shape index (κ3) is 4.25. The molecule has 1 aromatic rings. The molecule has 0 spiro atoms. The molecule has 2 atom stereocenters. The summed E-state index contributed by atoms with van der Waals surface area (Å²) in [6.07, 6.45) is 2.27. The highest BCUT2D eigenvalue weighted by Crippen LogP contribution is 2.30. The maximum absolute atomic E-state index is 12.5. The number of carbonyl (C=O) groups is 2. The average molecular weight is 329 g/mol. The summed E-state index contributed by atoms with van der Waals surface area (Å²) < 4.78 is 0. The van der Waals surface area contributed by atoms with E-state index in [0.717, 1.165) is 5.56 Å². The molecule has 128 valence electrons. The maximum Gasteiger partial charge on any atom is 0.317 e. The Hall–Kier alpha value is -2.55. The van der Waals surface area contributed by atoms with Crippen molar-refractivity contribution in [2.45, 2.75) is 38.6 Å². The van der Waals surface area contributed by atoms with Gasteiger partial charge in [0.1, 0.15) is 0 Å². The number of amides is 2. The molecule has 0 bridgehead atoms. The van der Waals surface area contributed by atoms with Gasteiger partial charge in [-0.2, -0.15) is 5.26 Å². The Morgan fingerprint density at radius 3 is 2.71 bits per heavy atom. The lowest BCUT2D eigenvalue weighted by molar-refractivity contribution is -0.147. The molecule has 0 aliphatic carbocycles. The van der Waals surface area contributed by atoms with E-state index < -0.39 is 11.4 Å². The highest BCUT2D eigenvalue weighted by molar-refractivity contribution is 5.79. The second-order valence-corrected chi connectivity index (χ2v) is 6.50. The standard InChI is InChI=1S/C18H23N3O3/c1-18(16(22)23)10-12-21(13-18)17(24)20-15(9-5-6-11-19)14-7-3-2-4-8-14/h2-4,7-8,15H,5-6,9-10,12-13H2,1H3,(H,20,24)(H,22,23). The van der Waals surface area contributed by atoms with E-state index in [9.17, 15) is 14.7 Å². The number of rotatable bonds is 6. The lowest BCUT2D eigenvalue weighted by Crippen LogP contribution is -2.42. The number of carboxylic acid groups (broad SMARTS) is 1. The number of aliphatic carboxylic acids is 1. The number of hydrogen-bond acceptors (Lipinski definition) is 3. The lowest BCUT2D eigenvalue weighted by atomic mass is 9.90. The summed E-state index contributed by atoms with van der Waals surface area (Å²) in [5, 5.41) is 21.0. The molecule has 0 radical (unpaired) electrons. The van der Waals surface area contributed by atoms with Crippen LogP contribution in [-0.4, -0.2) is 35.1 Å². The number of unbranched alkanes of at least 4 members (excludes halogenated alkanes) is 1. The first-order valence-electron chi connectivity index (χ1n) is 8.17. The Morgan fingerprint density at radius 2 is 2.12 bits per heavy atom. The normalized spacial score (nSPS) is 21.1. The summed E-state index contributed by atoms with van der Waals surface area (Å²) in [5.74, 6) is -0.869. The van der Waals surface area contributed by atoms with E-state index in [2.05, 4.69) is 11.4 Å². The molecule has 0 saturated carbocycles. The van der Waals surface area contributed by atoms with Gasteiger partial charge in [-0.1, -0.05) is 30.3 Å². The first kappa shape index (κ1) is 17.8. The van der Waals surface area contributed by atoms with Crippen LogP contribution in [0.4, 0.5) is 4.79 Å². The zero-order valence-electron chi connectivity index (χ0n) is 13.9. The number of urea groups is 1. The predicted octanol–water partition coefficient (Wildman–Crippen LogP) is 2.93. The van der Waals surface area contributed by atoms with Crippen LogP contribution in [0.1, 0.15) is 44.2 Å². The minimum Gasteiger partial charge on any atom is -0.481 e. The highest BCUT2D eigenvalue weighted by atomic mass is 16.4. The molecule has 0 aromatic heterocycles. The van der Waals surface area contributed by atoms with E-state index in [4.69, 9.17) is 5.26 Å². The Bertz CT molecular complexity index is 626. The zero-order valence-corrected chi connectivity index (χ0v) is 13.9. The largest absolute Gasteiger partial charge is 0.481 e. The predicted molar refractivity (Wildman–Crippen MR) is 89.1 cm³/mol. The van der Waals surface area contributed by atoms with E-state index in [-0.39, 0.29) is 18.6 Å². The summed E-state index contributed by atoms with van der Waals surface area (Å²) in [4.78, 5) is 25.4. The SMILES string of the molecule is CC1(C(=O)O)CCN(C(=O)NC(CCCC#N)c2ccccc2)C1. The van der Waals surface area contributed by atoms with Crippen LogP contribution in [0.5, 0.6) is 0 Å². The molecule has 6 heteroatoms. The first-order valence-corrected chi connectivity index (χ1v) is 8.17. The smallest absolute Gasteiger partial charge is 0.317 e. The van der Waals surface area contributed by atoms with Crippen LogP contribution in [0.2, 0.25) is 0 Å². The van der Waals surface area contributed by atoms with E-state index in [0.29, 0.717) is 32.2 Å². The van der Waals surface area contributed by atoms with Crippen molar-refractivity contribution < 1.29 is 14.7 Å². The Labute approximate surface area is 142 Å². The van der Waals surface area contributed by atoms with Gasteiger partial charge in [-0.15, -0.1) is 0 Å². The molecule has 1 fully saturated rings. The molecule has 1 saturated heterocycles. The van der Waals surface area contributed by atoms with Gasteiger partial charge in [0.2, 0.25) is 0 Å². The number of carbonyl (C=O) groups excluding carboxylic acids is 1. The summed E-state index contributed by atoms with van der Waals surface area (Å²) in [6.45, 7) is 2.33. The molecular weight excluding hydrogens is 306 g/mol. The van der Waals surface area contributed by atoms with E-state index in [1.54, 1.807) is 11.8 Å². The quantitative estimate of drug-likeness (QED) is 0.785. The average Bonchev–Trinajstić information content (AvgIpc) is 2.99. The molecule has 1 aromatic carbocycles. The van der Waals surface area contributed by atoms with Gasteiger partial charge in [0.05, 0.1) is 17.5 Å². The second kappa shape index (κ2) is 7.82. The summed E-state index contributed by atoms with van der Waals surface area (Å²) in [7, 11) is 0. The summed E-state index contributed by atoms with van der Waals surface area (Å²) in [6, 6.07) is 11.3. The number of carboxylic acids is 1. The maximum atomic E-state index is 12.5. The Kier molecular flexibility index (Phi) is 5.80. The van der Waals surface area contributed by atoms with Gasteiger partial charge in [0.15, 0.2) is 0 Å². The topological polar surface area (TPSA) is 93.4 Å². The van der Waals surface area contributed by atoms with Gasteiger partial charge in [-0.05, 0) is 31.7 Å². The monoisotopic (exact) mass is 329 g/mol. The molecule has 2 amide bonds. The Morgan fingerprint density at radius 1 is 1.42 bits per heavy atom. The molecule has 2 unspecified atom stereocenters. The van der Waals surface area contributed by atoms with Crippen molar-refractivity contribution in [2.75, 3.05) is 13.1 Å². The van der Waals surface area contributed by atoms with Crippen molar-refractivity contribution in [3.05, 3.63) is 35.9 Å². The van der Waals surface area contributed by atoms with Gasteiger partial charge in [-0.25, -0.2) is 4.79 Å². The molecule has 6 nitrogen and oxygen atoms in total. The highest BCUT2D eigenvalue weighted by Gasteiger charge is 2.42. The summed E-state index contributed by atoms with van der Waals surface area (Å²) >= 11 is 0. The van der Waals surface area contributed by atoms with Crippen molar-refractivity contribution in [3.8, 4) is 6.07 Å². The second-order valence-electron chi connectivity index (χ2n) is 6.50. The Balaban J connectivity index is 2.02. The summed E-state index contributed by atoms with van der Waals surface area (Å²) in [5.41, 5.74) is 0.115. The fourth-order valence-corrected chi connectivity index (χ4v) is 2.94. The van der Waals surface area contributed by atoms with Crippen molar-refractivity contribution in [1.29, 1.82) is 5.26 Å². The van der Waals surface area contributed by atoms with Crippen molar-refractivity contribution in [1.82, 2.24) is 10.2 Å². The fourth-order valence-electron chi connectivity index (χ4n) is 2.94. The number of nitrogens with zero attached hydrogens (tertiary/aromatic N) is 2. The third-order valence-corrected chi connectivity index (χ3v) is 4.56. The molecular formula is C18H23N3O3. The van der Waals surface area contributed by atoms with Crippen molar-refractivity contribution >= 4 is 12.0 Å². The number of likely N-dealkylation sites (tertiary alicyclic amines) is 1. The van der Waals surface area contributed by atoms with E-state index in [1.807, 2.05) is 30.3 Å². The van der Waals surface area contributed by atoms with Gasteiger partial charge in [0, 0.05) is 19.5 Å². The number of hydrogen-bond donors (Lipinski definition) is 2. The minimum atomic E-state index is -0.875. The van der Waals surface area contributed by atoms with Gasteiger partial charge in [-0.3, -0.25) is 4.79 Å². The van der Waals surface area contributed by atoms with Gasteiger partial charge < -0.3 is 15.3 Å². The van der Waals surface area contributed by atoms with E-state index >= 15 is 0 Å². The lowest BCUT2D eigenvalue weighted by Gasteiger charge is -2.25. The van der Waals surface area contributed by atoms with Crippen LogP contribution >= 0.6 is 0 Å². The number of nitriles is 1. The van der Waals surface area contributed by atoms with Crippen LogP contribution in [0, 0.1) is 16.7 Å². The van der Waals surface area contributed by atoms with Crippen LogP contribution in [0.15, 0.2) is 30.3 Å². The van der Waals surface area contributed by atoms with Crippen LogP contribution in [0.25, 0.3) is 0 Å². The van der Waals surface area contributed by atoms with Crippen molar-refractivity contribution in [3.63, 3.8) is 0 Å². The molecule has 2 N–H and O–H groups in total. The molecule has 1 aliphatic heterocycles. The molecule has 2 rings (SSSR count). The van der Waals surface area contributed by atoms with Crippen LogP contribution < -0.4 is 5.32 Å². The van der Waals surface area contributed by atoms with Gasteiger partial charge >= 0.3 is 12.0 Å². The number of benzene rings is 1. The molecule has 1 heterocycles. The van der Waals surface area contributed by atoms with Crippen LogP contribution in [0.3, 0.4) is 0 Å². The number of nitrogens with one attached hydrogen (secondary N) is 1. The molecule has 1 aliphatic rings. The van der Waals surface area contributed by atoms with Gasteiger partial charge in [0.25, 0.3) is 0 Å². The zero-order chi connectivity index (χ0) is 17.6. The van der Waals surface area contributed by atoms with Crippen LogP contribution in [-0.2, 0) is 4.79 Å².